The first-order chi connectivity index (χ1) is 9.10. The molecule has 0 saturated carbocycles. The fourth-order valence-corrected chi connectivity index (χ4v) is 1.47. The van der Waals surface area contributed by atoms with Crippen LogP contribution in [0.1, 0.15) is 10.4 Å². The number of pyridine rings is 1. The largest absolute Gasteiger partial charge is 0.506 e. The van der Waals surface area contributed by atoms with Crippen LogP contribution in [0.2, 0.25) is 0 Å². The molecule has 2 aromatic rings. The first kappa shape index (κ1) is 12.8. The van der Waals surface area contributed by atoms with Gasteiger partial charge in [-0.1, -0.05) is 0 Å². The molecule has 0 aliphatic heterocycles. The lowest BCUT2D eigenvalue weighted by atomic mass is 10.2. The molecular formula is C13H11FN2O3. The number of hydrogen-bond donors (Lipinski definition) is 2. The zero-order chi connectivity index (χ0) is 13.8. The molecule has 5 nitrogen and oxygen atoms in total. The number of nitrogens with zero attached hydrogens (tertiary/aromatic N) is 1. The molecule has 1 aromatic carbocycles. The van der Waals surface area contributed by atoms with Crippen molar-refractivity contribution in [3.63, 3.8) is 0 Å². The van der Waals surface area contributed by atoms with Crippen molar-refractivity contribution in [3.8, 4) is 11.5 Å². The smallest absolute Gasteiger partial charge is 0.257 e. The van der Waals surface area contributed by atoms with Crippen LogP contribution in [0.15, 0.2) is 36.7 Å². The summed E-state index contributed by atoms with van der Waals surface area (Å²) in [5.41, 5.74) is 0.269. The van der Waals surface area contributed by atoms with Gasteiger partial charge in [0.1, 0.15) is 17.3 Å². The van der Waals surface area contributed by atoms with Gasteiger partial charge < -0.3 is 15.2 Å². The summed E-state index contributed by atoms with van der Waals surface area (Å²) >= 11 is 0. The first-order valence-corrected chi connectivity index (χ1v) is 5.39. The van der Waals surface area contributed by atoms with E-state index < -0.39 is 11.7 Å². The number of methoxy groups -OCH3 is 1. The molecule has 0 aliphatic rings. The molecule has 6 heteroatoms. The van der Waals surface area contributed by atoms with E-state index in [0.29, 0.717) is 5.75 Å². The SMILES string of the molecule is COc1ccc(NC(=O)c2cncc(F)c2)c(O)c1. The van der Waals surface area contributed by atoms with Crippen molar-refractivity contribution in [2.45, 2.75) is 0 Å². The van der Waals surface area contributed by atoms with E-state index >= 15 is 0 Å². The number of aromatic hydroxyl groups is 1. The lowest BCUT2D eigenvalue weighted by Gasteiger charge is -2.08. The number of ether oxygens (including phenoxy) is 1. The highest BCUT2D eigenvalue weighted by Gasteiger charge is 2.10. The van der Waals surface area contributed by atoms with Crippen LogP contribution >= 0.6 is 0 Å². The summed E-state index contributed by atoms with van der Waals surface area (Å²) in [6.07, 6.45) is 2.24. The van der Waals surface area contributed by atoms with Crippen molar-refractivity contribution >= 4 is 11.6 Å². The van der Waals surface area contributed by atoms with Crippen LogP contribution in [0, 0.1) is 5.82 Å². The van der Waals surface area contributed by atoms with Gasteiger partial charge in [-0.25, -0.2) is 4.39 Å². The number of aromatic nitrogens is 1. The maximum Gasteiger partial charge on any atom is 0.257 e. The van der Waals surface area contributed by atoms with E-state index in [-0.39, 0.29) is 17.0 Å². The van der Waals surface area contributed by atoms with E-state index in [1.54, 1.807) is 6.07 Å². The highest BCUT2D eigenvalue weighted by Crippen LogP contribution is 2.28. The van der Waals surface area contributed by atoms with Crippen molar-refractivity contribution in [3.05, 3.63) is 48.0 Å². The molecule has 0 unspecified atom stereocenters. The van der Waals surface area contributed by atoms with Gasteiger partial charge in [-0.2, -0.15) is 0 Å². The number of carbonyl (C=O) groups is 1. The Bertz CT molecular complexity index is 617. The number of carbonyl (C=O) groups excluding carboxylic acids is 1. The van der Waals surface area contributed by atoms with Crippen molar-refractivity contribution in [2.24, 2.45) is 0 Å². The molecule has 2 rings (SSSR count). The average Bonchev–Trinajstić information content (AvgIpc) is 2.41. The monoisotopic (exact) mass is 262 g/mol. The normalized spacial score (nSPS) is 10.0. The molecule has 0 radical (unpaired) electrons. The Balaban J connectivity index is 2.19. The van der Waals surface area contributed by atoms with Gasteiger partial charge >= 0.3 is 0 Å². The van der Waals surface area contributed by atoms with E-state index in [1.807, 2.05) is 0 Å². The second-order valence-corrected chi connectivity index (χ2v) is 3.73. The Labute approximate surface area is 108 Å². The summed E-state index contributed by atoms with van der Waals surface area (Å²) in [6.45, 7) is 0. The second-order valence-electron chi connectivity index (χ2n) is 3.73. The summed E-state index contributed by atoms with van der Waals surface area (Å²) in [5.74, 6) is -0.848. The molecule has 0 aliphatic carbocycles. The highest BCUT2D eigenvalue weighted by atomic mass is 19.1. The fraction of sp³-hybridized carbons (Fsp3) is 0.0769. The number of amides is 1. The van der Waals surface area contributed by atoms with Gasteiger partial charge in [-0.3, -0.25) is 9.78 Å². The number of anilines is 1. The minimum atomic E-state index is -0.605. The number of phenols is 1. The van der Waals surface area contributed by atoms with Crippen molar-refractivity contribution in [2.75, 3.05) is 12.4 Å². The van der Waals surface area contributed by atoms with Crippen LogP contribution in [0.3, 0.4) is 0 Å². The minimum Gasteiger partial charge on any atom is -0.506 e. The maximum absolute atomic E-state index is 12.9. The number of benzene rings is 1. The van der Waals surface area contributed by atoms with E-state index in [9.17, 15) is 14.3 Å². The summed E-state index contributed by atoms with van der Waals surface area (Å²) in [7, 11) is 1.46. The summed E-state index contributed by atoms with van der Waals surface area (Å²) in [5, 5.41) is 12.1. The predicted molar refractivity (Wildman–Crippen MR) is 66.8 cm³/mol. The third kappa shape index (κ3) is 2.98. The summed E-state index contributed by atoms with van der Waals surface area (Å²) < 4.78 is 17.9. The van der Waals surface area contributed by atoms with Gasteiger partial charge in [0.05, 0.1) is 24.6 Å². The molecule has 0 fully saturated rings. The summed E-state index contributed by atoms with van der Waals surface area (Å²) in [6, 6.07) is 5.49. The van der Waals surface area contributed by atoms with E-state index in [0.717, 1.165) is 12.3 Å². The van der Waals surface area contributed by atoms with Gasteiger partial charge in [0, 0.05) is 12.3 Å². The standard InChI is InChI=1S/C13H11FN2O3/c1-19-10-2-3-11(12(17)5-10)16-13(18)8-4-9(14)7-15-6-8/h2-7,17H,1H3,(H,16,18). The number of halogens is 1. The lowest BCUT2D eigenvalue weighted by molar-refractivity contribution is 0.102. The lowest BCUT2D eigenvalue weighted by Crippen LogP contribution is -2.12. The Morgan fingerprint density at radius 1 is 1.37 bits per heavy atom. The second kappa shape index (κ2) is 5.34. The molecule has 1 amide bonds. The molecule has 2 N–H and O–H groups in total. The number of rotatable bonds is 3. The highest BCUT2D eigenvalue weighted by molar-refractivity contribution is 6.04. The molecule has 0 atom stereocenters. The fourth-order valence-electron chi connectivity index (χ4n) is 1.47. The van der Waals surface area contributed by atoms with E-state index in [1.165, 1.54) is 25.4 Å². The Morgan fingerprint density at radius 2 is 2.16 bits per heavy atom. The third-order valence-corrected chi connectivity index (χ3v) is 2.42. The Hall–Kier alpha value is -2.63. The molecule has 0 spiro atoms. The number of phenolic OH excluding ortho intramolecular Hbond substituents is 1. The number of nitrogens with one attached hydrogen (secondary N) is 1. The number of hydrogen-bond acceptors (Lipinski definition) is 4. The zero-order valence-corrected chi connectivity index (χ0v) is 10.1. The van der Waals surface area contributed by atoms with Gasteiger partial charge in [0.15, 0.2) is 0 Å². The molecule has 0 saturated heterocycles. The molecular weight excluding hydrogens is 251 g/mol. The topological polar surface area (TPSA) is 71.5 Å². The molecule has 1 heterocycles. The predicted octanol–water partition coefficient (Wildman–Crippen LogP) is 2.19. The van der Waals surface area contributed by atoms with E-state index in [2.05, 4.69) is 10.3 Å². The molecule has 19 heavy (non-hydrogen) atoms. The van der Waals surface area contributed by atoms with Crippen LogP contribution < -0.4 is 10.1 Å². The van der Waals surface area contributed by atoms with Crippen LogP contribution in [0.25, 0.3) is 0 Å². The van der Waals surface area contributed by atoms with Crippen LogP contribution in [0.5, 0.6) is 11.5 Å². The third-order valence-electron chi connectivity index (χ3n) is 2.42. The molecule has 98 valence electrons. The van der Waals surface area contributed by atoms with Gasteiger partial charge in [0.2, 0.25) is 0 Å². The molecule has 0 bridgehead atoms. The van der Waals surface area contributed by atoms with Crippen molar-refractivity contribution in [1.29, 1.82) is 0 Å². The van der Waals surface area contributed by atoms with Crippen LogP contribution in [-0.2, 0) is 0 Å². The van der Waals surface area contributed by atoms with Crippen molar-refractivity contribution < 1.29 is 19.0 Å². The van der Waals surface area contributed by atoms with Gasteiger partial charge in [-0.05, 0) is 18.2 Å². The minimum absolute atomic E-state index is 0.0650. The summed E-state index contributed by atoms with van der Waals surface area (Å²) in [4.78, 5) is 15.4. The van der Waals surface area contributed by atoms with Crippen molar-refractivity contribution in [1.82, 2.24) is 4.98 Å². The first-order valence-electron chi connectivity index (χ1n) is 5.39. The van der Waals surface area contributed by atoms with E-state index in [4.69, 9.17) is 4.74 Å². The molecule has 1 aromatic heterocycles. The van der Waals surface area contributed by atoms with Crippen LogP contribution in [0.4, 0.5) is 10.1 Å². The van der Waals surface area contributed by atoms with Crippen LogP contribution in [-0.4, -0.2) is 23.1 Å². The Kier molecular flexibility index (Phi) is 3.61. The van der Waals surface area contributed by atoms with Gasteiger partial charge in [0.25, 0.3) is 5.91 Å². The quantitative estimate of drug-likeness (QED) is 0.832. The zero-order valence-electron chi connectivity index (χ0n) is 10.1. The average molecular weight is 262 g/mol. The van der Waals surface area contributed by atoms with Gasteiger partial charge in [-0.15, -0.1) is 0 Å². The Morgan fingerprint density at radius 3 is 2.79 bits per heavy atom. The maximum atomic E-state index is 12.9.